The van der Waals surface area contributed by atoms with Gasteiger partial charge in [0.05, 0.1) is 11.9 Å². The van der Waals surface area contributed by atoms with E-state index in [9.17, 15) is 9.59 Å². The number of hydrogen-bond acceptors (Lipinski definition) is 7. The van der Waals surface area contributed by atoms with Crippen LogP contribution >= 0.6 is 11.3 Å². The number of rotatable bonds is 5. The number of carbonyl (C=O) groups is 1. The number of fused-ring (bicyclic) bond motifs is 1. The molecular formula is C18H14N6O2S. The molecule has 0 unspecified atom stereocenters. The summed E-state index contributed by atoms with van der Waals surface area (Å²) in [6, 6.07) is 16.6. The molecule has 2 aromatic carbocycles. The summed E-state index contributed by atoms with van der Waals surface area (Å²) in [7, 11) is 0. The van der Waals surface area contributed by atoms with Crippen LogP contribution in [0.3, 0.4) is 0 Å². The van der Waals surface area contributed by atoms with Crippen molar-refractivity contribution in [3.63, 3.8) is 0 Å². The Hall–Kier alpha value is -3.46. The van der Waals surface area contributed by atoms with E-state index in [1.807, 2.05) is 30.3 Å². The second-order valence-electron chi connectivity index (χ2n) is 5.71. The maximum atomic E-state index is 12.4. The summed E-state index contributed by atoms with van der Waals surface area (Å²) < 4.78 is 1.19. The zero-order valence-electron chi connectivity index (χ0n) is 14.1. The first-order valence-electron chi connectivity index (χ1n) is 8.22. The van der Waals surface area contributed by atoms with Gasteiger partial charge in [-0.15, -0.1) is 15.3 Å². The van der Waals surface area contributed by atoms with Gasteiger partial charge in [-0.2, -0.15) is 0 Å². The molecule has 0 aliphatic heterocycles. The summed E-state index contributed by atoms with van der Waals surface area (Å²) in [4.78, 5) is 24.5. The number of nitrogens with one attached hydrogen (secondary N) is 1. The van der Waals surface area contributed by atoms with Crippen molar-refractivity contribution in [1.29, 1.82) is 0 Å². The fraction of sp³-hybridized carbons (Fsp3) is 0.111. The van der Waals surface area contributed by atoms with E-state index in [-0.39, 0.29) is 24.4 Å². The van der Waals surface area contributed by atoms with Crippen LogP contribution in [0, 0.1) is 0 Å². The average Bonchev–Trinajstić information content (AvgIpc) is 3.17. The highest BCUT2D eigenvalue weighted by Crippen LogP contribution is 2.25. The first-order chi connectivity index (χ1) is 13.2. The Morgan fingerprint density at radius 2 is 1.78 bits per heavy atom. The van der Waals surface area contributed by atoms with Crippen molar-refractivity contribution in [2.45, 2.75) is 13.0 Å². The van der Waals surface area contributed by atoms with Crippen LogP contribution in [0.5, 0.6) is 0 Å². The minimum absolute atomic E-state index is 0.0766. The van der Waals surface area contributed by atoms with Gasteiger partial charge in [-0.25, -0.2) is 4.68 Å². The Morgan fingerprint density at radius 3 is 2.63 bits per heavy atom. The van der Waals surface area contributed by atoms with Crippen molar-refractivity contribution in [2.24, 2.45) is 0 Å². The Kier molecular flexibility index (Phi) is 4.67. The molecule has 8 nitrogen and oxygen atoms in total. The number of anilines is 1. The third-order valence-electron chi connectivity index (χ3n) is 3.87. The Bertz CT molecular complexity index is 1160. The van der Waals surface area contributed by atoms with Crippen molar-refractivity contribution < 1.29 is 4.79 Å². The Balaban J connectivity index is 1.41. The molecule has 1 amide bonds. The molecule has 0 atom stereocenters. The molecule has 134 valence electrons. The summed E-state index contributed by atoms with van der Waals surface area (Å²) in [5.74, 6) is -0.271. The molecule has 0 spiro atoms. The van der Waals surface area contributed by atoms with Crippen molar-refractivity contribution >= 4 is 33.3 Å². The van der Waals surface area contributed by atoms with Crippen LogP contribution in [-0.2, 0) is 11.3 Å². The minimum Gasteiger partial charge on any atom is -0.300 e. The van der Waals surface area contributed by atoms with Crippen molar-refractivity contribution in [2.75, 3.05) is 5.32 Å². The quantitative estimate of drug-likeness (QED) is 0.572. The molecule has 0 saturated heterocycles. The smallest absolute Gasteiger partial charge is 0.277 e. The van der Waals surface area contributed by atoms with Gasteiger partial charge in [-0.05, 0) is 12.1 Å². The van der Waals surface area contributed by atoms with Crippen LogP contribution in [0.4, 0.5) is 5.13 Å². The Morgan fingerprint density at radius 1 is 1.00 bits per heavy atom. The molecule has 1 N–H and O–H groups in total. The molecule has 9 heteroatoms. The van der Waals surface area contributed by atoms with Crippen molar-refractivity contribution in [1.82, 2.24) is 25.2 Å². The molecule has 27 heavy (non-hydrogen) atoms. The van der Waals surface area contributed by atoms with E-state index in [1.165, 1.54) is 16.0 Å². The number of benzene rings is 2. The average molecular weight is 378 g/mol. The molecule has 0 bridgehead atoms. The highest BCUT2D eigenvalue weighted by atomic mass is 32.1. The lowest BCUT2D eigenvalue weighted by molar-refractivity contribution is -0.116. The van der Waals surface area contributed by atoms with E-state index in [0.717, 1.165) is 10.6 Å². The monoisotopic (exact) mass is 378 g/mol. The number of aryl methyl sites for hydroxylation is 1. The van der Waals surface area contributed by atoms with Gasteiger partial charge in [0.15, 0.2) is 0 Å². The van der Waals surface area contributed by atoms with Gasteiger partial charge in [0, 0.05) is 12.0 Å². The number of amides is 1. The Labute approximate surface area is 157 Å². The molecule has 4 rings (SSSR count). The van der Waals surface area contributed by atoms with Crippen LogP contribution in [-0.4, -0.2) is 31.1 Å². The van der Waals surface area contributed by atoms with Crippen LogP contribution < -0.4 is 10.9 Å². The van der Waals surface area contributed by atoms with Gasteiger partial charge in [0.2, 0.25) is 11.0 Å². The molecular weight excluding hydrogens is 364 g/mol. The predicted octanol–water partition coefficient (Wildman–Crippen LogP) is 2.34. The molecule has 2 heterocycles. The summed E-state index contributed by atoms with van der Waals surface area (Å²) >= 11 is 1.29. The van der Waals surface area contributed by atoms with Crippen LogP contribution in [0.1, 0.15) is 6.42 Å². The third kappa shape index (κ3) is 3.72. The molecule has 0 saturated carbocycles. The van der Waals surface area contributed by atoms with E-state index < -0.39 is 0 Å². The first kappa shape index (κ1) is 17.0. The first-order valence-corrected chi connectivity index (χ1v) is 9.04. The molecule has 0 fully saturated rings. The lowest BCUT2D eigenvalue weighted by Crippen LogP contribution is -2.26. The highest BCUT2D eigenvalue weighted by Gasteiger charge is 2.11. The fourth-order valence-electron chi connectivity index (χ4n) is 2.53. The van der Waals surface area contributed by atoms with Gasteiger partial charge in [0.25, 0.3) is 5.56 Å². The van der Waals surface area contributed by atoms with Crippen molar-refractivity contribution in [3.8, 4) is 10.6 Å². The number of nitrogens with zero attached hydrogens (tertiary/aromatic N) is 5. The summed E-state index contributed by atoms with van der Waals surface area (Å²) in [5.41, 5.74) is 1.20. The van der Waals surface area contributed by atoms with E-state index >= 15 is 0 Å². The standard InChI is InChI=1S/C18H14N6O2S/c25-15(19-18-22-21-16(27-18)12-6-2-1-3-7-12)10-11-24-17(26)13-8-4-5-9-14(13)20-23-24/h1-9H,10-11H2,(H,19,22,25). The van der Waals surface area contributed by atoms with Gasteiger partial charge >= 0.3 is 0 Å². The summed E-state index contributed by atoms with van der Waals surface area (Å²) in [6.45, 7) is 0.132. The number of carbonyl (C=O) groups excluding carboxylic acids is 1. The summed E-state index contributed by atoms with van der Waals surface area (Å²) in [6.07, 6.45) is 0.0766. The third-order valence-corrected chi connectivity index (χ3v) is 4.76. The minimum atomic E-state index is -0.271. The second-order valence-corrected chi connectivity index (χ2v) is 6.69. The largest absolute Gasteiger partial charge is 0.300 e. The molecule has 2 aromatic heterocycles. The lowest BCUT2D eigenvalue weighted by Gasteiger charge is -2.04. The maximum Gasteiger partial charge on any atom is 0.277 e. The molecule has 0 aliphatic carbocycles. The molecule has 0 radical (unpaired) electrons. The zero-order valence-corrected chi connectivity index (χ0v) is 14.9. The molecule has 4 aromatic rings. The van der Waals surface area contributed by atoms with Gasteiger partial charge in [-0.1, -0.05) is 59.0 Å². The fourth-order valence-corrected chi connectivity index (χ4v) is 3.30. The highest BCUT2D eigenvalue weighted by molar-refractivity contribution is 7.18. The van der Waals surface area contributed by atoms with Crippen LogP contribution in [0.15, 0.2) is 59.4 Å². The van der Waals surface area contributed by atoms with Gasteiger partial charge < -0.3 is 5.32 Å². The topological polar surface area (TPSA) is 103 Å². The van der Waals surface area contributed by atoms with E-state index in [4.69, 9.17) is 0 Å². The molecule has 0 aliphatic rings. The van der Waals surface area contributed by atoms with E-state index in [0.29, 0.717) is 16.0 Å². The maximum absolute atomic E-state index is 12.4. The van der Waals surface area contributed by atoms with E-state index in [1.54, 1.807) is 24.3 Å². The summed E-state index contributed by atoms with van der Waals surface area (Å²) in [5, 5.41) is 20.3. The van der Waals surface area contributed by atoms with Crippen LogP contribution in [0.25, 0.3) is 21.5 Å². The SMILES string of the molecule is O=C(CCn1nnc2ccccc2c1=O)Nc1nnc(-c2ccccc2)s1. The zero-order chi connectivity index (χ0) is 18.6. The predicted molar refractivity (Wildman–Crippen MR) is 102 cm³/mol. The number of hydrogen-bond donors (Lipinski definition) is 1. The van der Waals surface area contributed by atoms with Crippen molar-refractivity contribution in [3.05, 3.63) is 65.0 Å². The lowest BCUT2D eigenvalue weighted by atomic mass is 10.2. The normalized spacial score (nSPS) is 10.8. The second kappa shape index (κ2) is 7.42. The van der Waals surface area contributed by atoms with E-state index in [2.05, 4.69) is 25.8 Å². The van der Waals surface area contributed by atoms with Gasteiger partial charge in [0.1, 0.15) is 10.5 Å². The van der Waals surface area contributed by atoms with Crippen LogP contribution in [0.2, 0.25) is 0 Å². The van der Waals surface area contributed by atoms with Gasteiger partial charge in [-0.3, -0.25) is 9.59 Å². The number of aromatic nitrogens is 5.